The van der Waals surface area contributed by atoms with Crippen LogP contribution in [0.25, 0.3) is 0 Å². The Labute approximate surface area is 147 Å². The molecule has 0 aromatic heterocycles. The van der Waals surface area contributed by atoms with Gasteiger partial charge in [-0.05, 0) is 24.1 Å². The van der Waals surface area contributed by atoms with Crippen LogP contribution in [0.15, 0.2) is 24.3 Å². The third kappa shape index (κ3) is 5.48. The number of nitrogens with zero attached hydrogens (tertiary/aromatic N) is 2. The molecule has 25 heavy (non-hydrogen) atoms. The third-order valence-corrected chi connectivity index (χ3v) is 7.15. The summed E-state index contributed by atoms with van der Waals surface area (Å²) >= 11 is 0. The molecule has 0 bridgehead atoms. The van der Waals surface area contributed by atoms with E-state index in [2.05, 4.69) is 0 Å². The van der Waals surface area contributed by atoms with Gasteiger partial charge in [0.15, 0.2) is 9.84 Å². The number of hydrogen-bond donors (Lipinski definition) is 0. The van der Waals surface area contributed by atoms with Gasteiger partial charge in [-0.25, -0.2) is 21.2 Å². The number of likely N-dealkylation sites (N-methyl/N-ethyl adjacent to an activating group) is 1. The van der Waals surface area contributed by atoms with E-state index in [0.29, 0.717) is 12.0 Å². The fraction of sp³-hybridized carbons (Fsp3) is 0.533. The predicted octanol–water partition coefficient (Wildman–Crippen LogP) is 0.233. The fourth-order valence-electron chi connectivity index (χ4n) is 2.63. The zero-order valence-electron chi connectivity index (χ0n) is 14.1. The standard InChI is InChI=1S/C15H21FN2O5S2/c1-17(14-7-8-25(22,23)11-14)15(19)10-18(24(2,20)21)9-12-3-5-13(16)6-4-12/h3-6,14H,7-11H2,1-2H3. The number of amides is 1. The van der Waals surface area contributed by atoms with E-state index in [9.17, 15) is 26.0 Å². The van der Waals surface area contributed by atoms with Gasteiger partial charge in [0.1, 0.15) is 5.82 Å². The first kappa shape index (κ1) is 19.8. The molecular weight excluding hydrogens is 371 g/mol. The van der Waals surface area contributed by atoms with Crippen LogP contribution in [-0.4, -0.2) is 69.3 Å². The summed E-state index contributed by atoms with van der Waals surface area (Å²) in [6.07, 6.45) is 1.34. The molecule has 10 heteroatoms. The Morgan fingerprint density at radius 3 is 2.36 bits per heavy atom. The Kier molecular flexibility index (Phi) is 5.85. The number of benzene rings is 1. The summed E-state index contributed by atoms with van der Waals surface area (Å²) in [6.45, 7) is -0.467. The number of hydrogen-bond acceptors (Lipinski definition) is 5. The highest BCUT2D eigenvalue weighted by Gasteiger charge is 2.33. The van der Waals surface area contributed by atoms with E-state index in [1.165, 1.54) is 36.2 Å². The lowest BCUT2D eigenvalue weighted by Crippen LogP contribution is -2.45. The number of sulfonamides is 1. The fourth-order valence-corrected chi connectivity index (χ4v) is 5.13. The minimum absolute atomic E-state index is 0.0284. The van der Waals surface area contributed by atoms with Crippen molar-refractivity contribution >= 4 is 25.8 Å². The van der Waals surface area contributed by atoms with E-state index >= 15 is 0 Å². The first-order valence-electron chi connectivity index (χ1n) is 7.63. The summed E-state index contributed by atoms with van der Waals surface area (Å²) in [4.78, 5) is 13.7. The Morgan fingerprint density at radius 2 is 1.88 bits per heavy atom. The molecular formula is C15H21FN2O5S2. The van der Waals surface area contributed by atoms with Crippen molar-refractivity contribution in [3.05, 3.63) is 35.6 Å². The monoisotopic (exact) mass is 392 g/mol. The van der Waals surface area contributed by atoms with Crippen LogP contribution in [0.3, 0.4) is 0 Å². The van der Waals surface area contributed by atoms with Crippen molar-refractivity contribution in [2.45, 2.75) is 19.0 Å². The molecule has 1 aliphatic rings. The molecule has 0 aliphatic carbocycles. The van der Waals surface area contributed by atoms with Crippen LogP contribution in [0.4, 0.5) is 4.39 Å². The highest BCUT2D eigenvalue weighted by molar-refractivity contribution is 7.91. The summed E-state index contributed by atoms with van der Waals surface area (Å²) in [7, 11) is -5.34. The van der Waals surface area contributed by atoms with Gasteiger partial charge in [-0.15, -0.1) is 0 Å². The van der Waals surface area contributed by atoms with E-state index in [1.807, 2.05) is 0 Å². The van der Waals surface area contributed by atoms with Crippen LogP contribution in [0, 0.1) is 5.82 Å². The van der Waals surface area contributed by atoms with Crippen molar-refractivity contribution in [1.29, 1.82) is 0 Å². The Morgan fingerprint density at radius 1 is 1.28 bits per heavy atom. The van der Waals surface area contributed by atoms with Gasteiger partial charge in [0.25, 0.3) is 0 Å². The highest BCUT2D eigenvalue weighted by atomic mass is 32.2. The SMILES string of the molecule is CN(C(=O)CN(Cc1ccc(F)cc1)S(C)(=O)=O)C1CCS(=O)(=O)C1. The van der Waals surface area contributed by atoms with Gasteiger partial charge in [-0.3, -0.25) is 4.79 Å². The second-order valence-electron chi connectivity index (χ2n) is 6.22. The van der Waals surface area contributed by atoms with E-state index in [-0.39, 0.29) is 18.1 Å². The quantitative estimate of drug-likeness (QED) is 0.691. The lowest BCUT2D eigenvalue weighted by Gasteiger charge is -2.27. The maximum absolute atomic E-state index is 13.0. The molecule has 1 fully saturated rings. The van der Waals surface area contributed by atoms with Crippen LogP contribution in [-0.2, 0) is 31.2 Å². The van der Waals surface area contributed by atoms with Gasteiger partial charge in [-0.1, -0.05) is 12.1 Å². The second kappa shape index (κ2) is 7.38. The summed E-state index contributed by atoms with van der Waals surface area (Å²) < 4.78 is 61.0. The number of sulfone groups is 1. The number of halogens is 1. The Balaban J connectivity index is 2.09. The molecule has 1 aromatic rings. The van der Waals surface area contributed by atoms with E-state index < -0.39 is 44.2 Å². The molecule has 1 amide bonds. The minimum atomic E-state index is -3.67. The molecule has 7 nitrogen and oxygen atoms in total. The predicted molar refractivity (Wildman–Crippen MR) is 91.5 cm³/mol. The van der Waals surface area contributed by atoms with E-state index in [1.54, 1.807) is 0 Å². The van der Waals surface area contributed by atoms with Crippen molar-refractivity contribution in [3.8, 4) is 0 Å². The Hall–Kier alpha value is -1.52. The molecule has 1 heterocycles. The van der Waals surface area contributed by atoms with Crippen molar-refractivity contribution in [2.75, 3.05) is 31.4 Å². The van der Waals surface area contributed by atoms with Crippen molar-refractivity contribution in [1.82, 2.24) is 9.21 Å². The summed E-state index contributed by atoms with van der Waals surface area (Å²) in [5, 5.41) is 0. The van der Waals surface area contributed by atoms with Crippen LogP contribution in [0.2, 0.25) is 0 Å². The zero-order chi connectivity index (χ0) is 18.8. The lowest BCUT2D eigenvalue weighted by molar-refractivity contribution is -0.131. The first-order chi connectivity index (χ1) is 11.5. The Bertz CT molecular complexity index is 837. The molecule has 2 rings (SSSR count). The van der Waals surface area contributed by atoms with Crippen LogP contribution < -0.4 is 0 Å². The molecule has 0 spiro atoms. The maximum Gasteiger partial charge on any atom is 0.237 e. The maximum atomic E-state index is 13.0. The summed E-state index contributed by atoms with van der Waals surface area (Å²) in [5.74, 6) is -0.991. The zero-order valence-corrected chi connectivity index (χ0v) is 15.7. The van der Waals surface area contributed by atoms with Crippen molar-refractivity contribution in [3.63, 3.8) is 0 Å². The van der Waals surface area contributed by atoms with E-state index in [4.69, 9.17) is 0 Å². The second-order valence-corrected chi connectivity index (χ2v) is 10.4. The molecule has 0 N–H and O–H groups in total. The van der Waals surface area contributed by atoms with Crippen molar-refractivity contribution in [2.24, 2.45) is 0 Å². The van der Waals surface area contributed by atoms with Gasteiger partial charge in [0, 0.05) is 19.6 Å². The average molecular weight is 392 g/mol. The molecule has 0 saturated carbocycles. The van der Waals surface area contributed by atoms with Crippen LogP contribution >= 0.6 is 0 Å². The summed E-state index contributed by atoms with van der Waals surface area (Å²) in [6, 6.07) is 4.89. The van der Waals surface area contributed by atoms with Gasteiger partial charge >= 0.3 is 0 Å². The molecule has 0 radical (unpaired) electrons. The number of carbonyl (C=O) groups excluding carboxylic acids is 1. The van der Waals surface area contributed by atoms with Crippen molar-refractivity contribution < 1.29 is 26.0 Å². The van der Waals surface area contributed by atoms with E-state index in [0.717, 1.165) is 10.6 Å². The molecule has 1 aliphatic heterocycles. The van der Waals surface area contributed by atoms with Gasteiger partial charge in [0.2, 0.25) is 15.9 Å². The normalized spacial score (nSPS) is 19.9. The van der Waals surface area contributed by atoms with Crippen LogP contribution in [0.5, 0.6) is 0 Å². The minimum Gasteiger partial charge on any atom is -0.341 e. The van der Waals surface area contributed by atoms with Gasteiger partial charge in [0.05, 0.1) is 24.3 Å². The molecule has 1 aromatic carbocycles. The van der Waals surface area contributed by atoms with Gasteiger partial charge < -0.3 is 4.90 Å². The highest BCUT2D eigenvalue weighted by Crippen LogP contribution is 2.17. The lowest BCUT2D eigenvalue weighted by atomic mass is 10.2. The third-order valence-electron chi connectivity index (χ3n) is 4.20. The number of rotatable bonds is 6. The van der Waals surface area contributed by atoms with Crippen LogP contribution in [0.1, 0.15) is 12.0 Å². The van der Waals surface area contributed by atoms with Gasteiger partial charge in [-0.2, -0.15) is 4.31 Å². The topological polar surface area (TPSA) is 91.8 Å². The first-order valence-corrected chi connectivity index (χ1v) is 11.3. The number of carbonyl (C=O) groups is 1. The molecule has 1 unspecified atom stereocenters. The molecule has 140 valence electrons. The smallest absolute Gasteiger partial charge is 0.237 e. The molecule has 1 saturated heterocycles. The largest absolute Gasteiger partial charge is 0.341 e. The summed E-state index contributed by atoms with van der Waals surface area (Å²) in [5.41, 5.74) is 0.547. The molecule has 1 atom stereocenters. The average Bonchev–Trinajstić information content (AvgIpc) is 2.87.